The minimum Gasteiger partial charge on any atom is -0.353 e. The van der Waals surface area contributed by atoms with Gasteiger partial charge in [-0.25, -0.2) is 4.39 Å². The highest BCUT2D eigenvalue weighted by atomic mass is 19.1. The van der Waals surface area contributed by atoms with Crippen molar-refractivity contribution in [2.24, 2.45) is 10.8 Å². The van der Waals surface area contributed by atoms with Crippen LogP contribution in [0.1, 0.15) is 51.4 Å². The molecular formula is C15H23FO2. The molecule has 0 N–H and O–H groups in total. The fourth-order valence-electron chi connectivity index (χ4n) is 3.98. The Kier molecular flexibility index (Phi) is 3.23. The Bertz CT molecular complexity index is 314. The van der Waals surface area contributed by atoms with Crippen molar-refractivity contribution in [3.63, 3.8) is 0 Å². The molecule has 1 aliphatic heterocycles. The van der Waals surface area contributed by atoms with E-state index in [1.807, 2.05) is 6.08 Å². The van der Waals surface area contributed by atoms with Crippen LogP contribution in [0.3, 0.4) is 0 Å². The minimum atomic E-state index is -1.16. The molecule has 0 aromatic carbocycles. The summed E-state index contributed by atoms with van der Waals surface area (Å²) < 4.78 is 25.6. The van der Waals surface area contributed by atoms with Crippen LogP contribution in [0.5, 0.6) is 0 Å². The molecule has 0 aromatic heterocycles. The number of rotatable bonds is 4. The second kappa shape index (κ2) is 4.61. The molecule has 18 heavy (non-hydrogen) atoms. The van der Waals surface area contributed by atoms with Crippen molar-refractivity contribution in [3.05, 3.63) is 12.7 Å². The summed E-state index contributed by atoms with van der Waals surface area (Å²) in [7, 11) is 0. The molecule has 0 radical (unpaired) electrons. The van der Waals surface area contributed by atoms with Crippen molar-refractivity contribution in [2.45, 2.75) is 64.0 Å². The van der Waals surface area contributed by atoms with Crippen LogP contribution in [0.2, 0.25) is 0 Å². The van der Waals surface area contributed by atoms with Gasteiger partial charge in [-0.1, -0.05) is 6.08 Å². The van der Waals surface area contributed by atoms with Crippen LogP contribution in [-0.2, 0) is 9.47 Å². The van der Waals surface area contributed by atoms with E-state index >= 15 is 0 Å². The average molecular weight is 254 g/mol. The smallest absolute Gasteiger partial charge is 0.207 e. The van der Waals surface area contributed by atoms with Gasteiger partial charge in [0.25, 0.3) is 0 Å². The van der Waals surface area contributed by atoms with Gasteiger partial charge in [-0.05, 0) is 56.8 Å². The van der Waals surface area contributed by atoms with Gasteiger partial charge in [0.1, 0.15) is 0 Å². The zero-order valence-corrected chi connectivity index (χ0v) is 11.0. The first-order chi connectivity index (χ1) is 8.68. The molecule has 102 valence electrons. The Morgan fingerprint density at radius 1 is 1.28 bits per heavy atom. The van der Waals surface area contributed by atoms with E-state index in [-0.39, 0.29) is 17.1 Å². The number of hydrogen-bond acceptors (Lipinski definition) is 2. The second-order valence-corrected chi connectivity index (χ2v) is 6.35. The van der Waals surface area contributed by atoms with Gasteiger partial charge >= 0.3 is 0 Å². The van der Waals surface area contributed by atoms with Crippen LogP contribution >= 0.6 is 0 Å². The maximum absolute atomic E-state index is 14.5. The molecule has 2 bridgehead atoms. The number of hydrogen-bond donors (Lipinski definition) is 0. The number of ether oxygens (including phenoxy) is 2. The molecule has 2 saturated carbocycles. The molecule has 0 spiro atoms. The van der Waals surface area contributed by atoms with Gasteiger partial charge in [0.05, 0.1) is 0 Å². The van der Waals surface area contributed by atoms with E-state index in [1.165, 1.54) is 0 Å². The number of halogens is 1. The van der Waals surface area contributed by atoms with Gasteiger partial charge in [-0.2, -0.15) is 0 Å². The normalized spacial score (nSPS) is 45.1. The lowest BCUT2D eigenvalue weighted by atomic mass is 9.82. The van der Waals surface area contributed by atoms with E-state index in [1.54, 1.807) is 0 Å². The van der Waals surface area contributed by atoms with Crippen molar-refractivity contribution < 1.29 is 13.9 Å². The maximum atomic E-state index is 14.5. The van der Waals surface area contributed by atoms with Crippen molar-refractivity contribution in [2.75, 3.05) is 6.61 Å². The Labute approximate surface area is 109 Å². The van der Waals surface area contributed by atoms with Crippen LogP contribution < -0.4 is 0 Å². The van der Waals surface area contributed by atoms with Gasteiger partial charge in [-0.15, -0.1) is 6.58 Å². The van der Waals surface area contributed by atoms with Gasteiger partial charge in [0, 0.05) is 12.0 Å². The summed E-state index contributed by atoms with van der Waals surface area (Å²) in [5.74, 6) is 0. The number of alkyl halides is 1. The average Bonchev–Trinajstić information content (AvgIpc) is 2.98. The molecule has 1 heterocycles. The number of allylic oxidation sites excluding steroid dienone is 1. The standard InChI is InChI=1S/C15H23FO2/c1-2-14-6-8-15(11-14,9-7-14)13(16)18-12-5-3-4-10-17-12/h2,12-13H,1,3-11H2. The molecule has 2 nitrogen and oxygen atoms in total. The molecule has 0 aromatic rings. The molecule has 3 fully saturated rings. The fraction of sp³-hybridized carbons (Fsp3) is 0.867. The molecule has 0 amide bonds. The predicted octanol–water partition coefficient (Wildman–Crippen LogP) is 3.96. The van der Waals surface area contributed by atoms with Crippen LogP contribution in [0.4, 0.5) is 4.39 Å². The fourth-order valence-corrected chi connectivity index (χ4v) is 3.98. The maximum Gasteiger partial charge on any atom is 0.207 e. The summed E-state index contributed by atoms with van der Waals surface area (Å²) in [4.78, 5) is 0. The summed E-state index contributed by atoms with van der Waals surface area (Å²) in [5.41, 5.74) is -0.0594. The van der Waals surface area contributed by atoms with Crippen molar-refractivity contribution in [1.29, 1.82) is 0 Å². The Balaban J connectivity index is 1.62. The van der Waals surface area contributed by atoms with Gasteiger partial charge in [-0.3, -0.25) is 0 Å². The van der Waals surface area contributed by atoms with Gasteiger partial charge in [0.15, 0.2) is 6.29 Å². The topological polar surface area (TPSA) is 18.5 Å². The van der Waals surface area contributed by atoms with E-state index in [0.717, 1.165) is 51.4 Å². The monoisotopic (exact) mass is 254 g/mol. The van der Waals surface area contributed by atoms with Crippen molar-refractivity contribution in [3.8, 4) is 0 Å². The minimum absolute atomic E-state index is 0.196. The van der Waals surface area contributed by atoms with E-state index in [4.69, 9.17) is 9.47 Å². The third-order valence-electron chi connectivity index (χ3n) is 5.27. The van der Waals surface area contributed by atoms with E-state index in [0.29, 0.717) is 6.61 Å². The molecule has 3 rings (SSSR count). The summed E-state index contributed by atoms with van der Waals surface area (Å²) in [6.45, 7) is 4.64. The first-order valence-corrected chi connectivity index (χ1v) is 7.23. The molecule has 1 saturated heterocycles. The van der Waals surface area contributed by atoms with Crippen molar-refractivity contribution in [1.82, 2.24) is 0 Å². The largest absolute Gasteiger partial charge is 0.353 e. The summed E-state index contributed by atoms with van der Waals surface area (Å²) in [5, 5.41) is 0. The quantitative estimate of drug-likeness (QED) is 0.707. The van der Waals surface area contributed by atoms with Crippen LogP contribution in [0.25, 0.3) is 0 Å². The molecule has 2 unspecified atom stereocenters. The van der Waals surface area contributed by atoms with Crippen molar-refractivity contribution >= 4 is 0 Å². The first kappa shape index (κ1) is 12.6. The third-order valence-corrected chi connectivity index (χ3v) is 5.27. The molecule has 3 aliphatic rings. The summed E-state index contributed by atoms with van der Waals surface area (Å²) in [6, 6.07) is 0. The van der Waals surface area contributed by atoms with Crippen LogP contribution in [-0.4, -0.2) is 19.3 Å². The van der Waals surface area contributed by atoms with E-state index in [2.05, 4.69) is 6.58 Å². The molecular weight excluding hydrogens is 231 g/mol. The van der Waals surface area contributed by atoms with Gasteiger partial charge < -0.3 is 9.47 Å². The molecule has 3 heteroatoms. The molecule has 2 atom stereocenters. The van der Waals surface area contributed by atoms with Crippen LogP contribution in [0.15, 0.2) is 12.7 Å². The highest BCUT2D eigenvalue weighted by Gasteiger charge is 2.57. The van der Waals surface area contributed by atoms with E-state index < -0.39 is 6.36 Å². The molecule has 2 aliphatic carbocycles. The zero-order valence-electron chi connectivity index (χ0n) is 11.0. The Hall–Kier alpha value is -0.410. The Morgan fingerprint density at radius 3 is 2.61 bits per heavy atom. The Morgan fingerprint density at radius 2 is 2.06 bits per heavy atom. The lowest BCUT2D eigenvalue weighted by molar-refractivity contribution is -0.248. The lowest BCUT2D eigenvalue weighted by Gasteiger charge is -2.33. The van der Waals surface area contributed by atoms with Gasteiger partial charge in [0.2, 0.25) is 6.36 Å². The SMILES string of the molecule is C=CC12CCC(C(F)OC3CCCCO3)(CC1)C2. The third kappa shape index (κ3) is 2.01. The predicted molar refractivity (Wildman–Crippen MR) is 67.7 cm³/mol. The zero-order chi connectivity index (χ0) is 12.6. The summed E-state index contributed by atoms with van der Waals surface area (Å²) in [6.07, 6.45) is 8.50. The van der Waals surface area contributed by atoms with Crippen LogP contribution in [0, 0.1) is 10.8 Å². The lowest BCUT2D eigenvalue weighted by Crippen LogP contribution is -2.35. The van der Waals surface area contributed by atoms with E-state index in [9.17, 15) is 4.39 Å². The first-order valence-electron chi connectivity index (χ1n) is 7.23. The number of fused-ring (bicyclic) bond motifs is 2. The highest BCUT2D eigenvalue weighted by molar-refractivity contribution is 5.12. The highest BCUT2D eigenvalue weighted by Crippen LogP contribution is 2.64. The summed E-state index contributed by atoms with van der Waals surface area (Å²) >= 11 is 0. The second-order valence-electron chi connectivity index (χ2n) is 6.35.